The molecule has 3 saturated heterocycles. The molecule has 0 spiro atoms. The second-order valence-corrected chi connectivity index (χ2v) is 7.28. The topological polar surface area (TPSA) is 45.3 Å². The number of piperidine rings is 3. The number of nitrogens with zero attached hydrogens (tertiary/aromatic N) is 1. The number of esters is 1. The Hall–Kier alpha value is -2.07. The van der Waals surface area contributed by atoms with Gasteiger partial charge in [0.15, 0.2) is 0 Å². The summed E-state index contributed by atoms with van der Waals surface area (Å²) in [4.78, 5) is 18.8. The van der Waals surface area contributed by atoms with Crippen LogP contribution in [-0.2, 0) is 16.0 Å². The third-order valence-corrected chi connectivity index (χ3v) is 6.43. The molecule has 3 fully saturated rings. The Kier molecular flexibility index (Phi) is 2.95. The maximum absolute atomic E-state index is 12.5. The first kappa shape index (κ1) is 14.3. The molecule has 4 heteroatoms. The molecule has 4 nitrogen and oxygen atoms in total. The highest BCUT2D eigenvalue weighted by Gasteiger charge is 2.55. The molecule has 6 rings (SSSR count). The zero-order valence-corrected chi connectivity index (χ0v) is 14.1. The van der Waals surface area contributed by atoms with Gasteiger partial charge < -0.3 is 9.72 Å². The molecule has 124 valence electrons. The number of methoxy groups -OCH3 is 1. The molecular weight excluding hydrogens is 300 g/mol. The number of aromatic amines is 1. The fourth-order valence-corrected chi connectivity index (χ4v) is 5.39. The van der Waals surface area contributed by atoms with E-state index in [-0.39, 0.29) is 17.9 Å². The van der Waals surface area contributed by atoms with E-state index in [4.69, 9.17) is 4.74 Å². The van der Waals surface area contributed by atoms with Crippen molar-refractivity contribution < 1.29 is 9.53 Å². The quantitative estimate of drug-likeness (QED) is 0.648. The van der Waals surface area contributed by atoms with E-state index in [0.717, 1.165) is 19.4 Å². The van der Waals surface area contributed by atoms with Crippen molar-refractivity contribution in [1.29, 1.82) is 0 Å². The average molecular weight is 322 g/mol. The molecule has 2 aromatic rings. The lowest BCUT2D eigenvalue weighted by Gasteiger charge is -2.57. The smallest absolute Gasteiger partial charge is 0.310 e. The Morgan fingerprint density at radius 3 is 3.00 bits per heavy atom. The number of hydrogen-bond acceptors (Lipinski definition) is 3. The van der Waals surface area contributed by atoms with Crippen LogP contribution in [0.2, 0.25) is 0 Å². The number of hydrogen-bond donors (Lipinski definition) is 1. The van der Waals surface area contributed by atoms with Crippen LogP contribution in [0, 0.1) is 11.8 Å². The predicted octanol–water partition coefficient (Wildman–Crippen LogP) is 3.20. The van der Waals surface area contributed by atoms with Gasteiger partial charge in [0.25, 0.3) is 0 Å². The molecular formula is C20H22N2O2. The maximum atomic E-state index is 12.5. The van der Waals surface area contributed by atoms with Crippen molar-refractivity contribution in [1.82, 2.24) is 9.88 Å². The summed E-state index contributed by atoms with van der Waals surface area (Å²) in [6.45, 7) is 3.08. The normalized spacial score (nSPS) is 35.2. The van der Waals surface area contributed by atoms with E-state index in [0.29, 0.717) is 12.0 Å². The van der Waals surface area contributed by atoms with Gasteiger partial charge in [-0.15, -0.1) is 0 Å². The second kappa shape index (κ2) is 4.96. The minimum absolute atomic E-state index is 0.0342. The highest BCUT2D eigenvalue weighted by molar-refractivity contribution is 5.86. The highest BCUT2D eigenvalue weighted by Crippen LogP contribution is 2.54. The molecule has 5 atom stereocenters. The van der Waals surface area contributed by atoms with Crippen LogP contribution in [0.5, 0.6) is 0 Å². The van der Waals surface area contributed by atoms with Crippen molar-refractivity contribution in [2.45, 2.75) is 31.8 Å². The van der Waals surface area contributed by atoms with Gasteiger partial charge >= 0.3 is 5.97 Å². The molecule has 4 aliphatic heterocycles. The molecule has 4 bridgehead atoms. The molecule has 1 N–H and O–H groups in total. The number of H-pyrrole nitrogens is 1. The molecule has 0 aliphatic carbocycles. The Morgan fingerprint density at radius 1 is 1.38 bits per heavy atom. The van der Waals surface area contributed by atoms with Crippen LogP contribution in [0.3, 0.4) is 0 Å². The predicted molar refractivity (Wildman–Crippen MR) is 92.6 cm³/mol. The second-order valence-electron chi connectivity index (χ2n) is 7.28. The summed E-state index contributed by atoms with van der Waals surface area (Å²) >= 11 is 0. The maximum Gasteiger partial charge on any atom is 0.310 e. The molecule has 24 heavy (non-hydrogen) atoms. The van der Waals surface area contributed by atoms with Gasteiger partial charge in [0, 0.05) is 29.2 Å². The van der Waals surface area contributed by atoms with Gasteiger partial charge in [0.1, 0.15) is 0 Å². The minimum Gasteiger partial charge on any atom is -0.469 e. The molecule has 1 aromatic carbocycles. The molecule has 1 aromatic heterocycles. The van der Waals surface area contributed by atoms with E-state index in [1.807, 2.05) is 0 Å². The number of benzene rings is 1. The Labute approximate surface area is 141 Å². The SMILES string of the molecule is C/C=C1/CN2[C@H]3CC1[C@H](C(=O)OC)[C@@H]2Cc1c3[nH]c2ccccc12. The number of fused-ring (bicyclic) bond motifs is 4. The monoisotopic (exact) mass is 322 g/mol. The third-order valence-electron chi connectivity index (χ3n) is 6.43. The van der Waals surface area contributed by atoms with Crippen LogP contribution < -0.4 is 0 Å². The van der Waals surface area contributed by atoms with E-state index in [9.17, 15) is 4.79 Å². The van der Waals surface area contributed by atoms with Crippen LogP contribution in [0.4, 0.5) is 0 Å². The lowest BCUT2D eigenvalue weighted by atomic mass is 9.64. The number of ether oxygens (including phenoxy) is 1. The first-order valence-electron chi connectivity index (χ1n) is 8.81. The van der Waals surface area contributed by atoms with Crippen LogP contribution in [-0.4, -0.2) is 35.5 Å². The number of allylic oxidation sites excluding steroid dienone is 1. The van der Waals surface area contributed by atoms with Crippen molar-refractivity contribution in [3.63, 3.8) is 0 Å². The number of aromatic nitrogens is 1. The Bertz CT molecular complexity index is 866. The highest BCUT2D eigenvalue weighted by atomic mass is 16.5. The summed E-state index contributed by atoms with van der Waals surface area (Å²) in [5.74, 6) is 0.241. The van der Waals surface area contributed by atoms with Crippen LogP contribution >= 0.6 is 0 Å². The summed E-state index contributed by atoms with van der Waals surface area (Å²) in [6, 6.07) is 9.20. The van der Waals surface area contributed by atoms with Crippen molar-refractivity contribution >= 4 is 16.9 Å². The van der Waals surface area contributed by atoms with E-state index < -0.39 is 0 Å². The van der Waals surface area contributed by atoms with E-state index in [2.05, 4.69) is 47.1 Å². The zero-order chi connectivity index (χ0) is 16.4. The number of carbonyl (C=O) groups excluding carboxylic acids is 1. The summed E-state index contributed by atoms with van der Waals surface area (Å²) in [6.07, 6.45) is 4.15. The van der Waals surface area contributed by atoms with Crippen molar-refractivity contribution in [2.24, 2.45) is 11.8 Å². The first-order valence-corrected chi connectivity index (χ1v) is 8.81. The van der Waals surface area contributed by atoms with Crippen molar-refractivity contribution in [3.8, 4) is 0 Å². The summed E-state index contributed by atoms with van der Waals surface area (Å²) in [5, 5.41) is 1.32. The molecule has 0 saturated carbocycles. The first-order chi connectivity index (χ1) is 11.7. The Morgan fingerprint density at radius 2 is 2.21 bits per heavy atom. The largest absolute Gasteiger partial charge is 0.469 e. The zero-order valence-electron chi connectivity index (χ0n) is 14.1. The summed E-state index contributed by atoms with van der Waals surface area (Å²) in [5.41, 5.74) is 5.40. The minimum atomic E-state index is -0.0456. The van der Waals surface area contributed by atoms with Crippen LogP contribution in [0.1, 0.15) is 30.6 Å². The fourth-order valence-electron chi connectivity index (χ4n) is 5.39. The third kappa shape index (κ3) is 1.69. The van der Waals surface area contributed by atoms with Crippen molar-refractivity contribution in [2.75, 3.05) is 13.7 Å². The van der Waals surface area contributed by atoms with E-state index in [1.165, 1.54) is 34.8 Å². The fraction of sp³-hybridized carbons (Fsp3) is 0.450. The summed E-state index contributed by atoms with van der Waals surface area (Å²) in [7, 11) is 1.52. The number of nitrogens with one attached hydrogen (secondary N) is 1. The van der Waals surface area contributed by atoms with Gasteiger partial charge in [-0.2, -0.15) is 0 Å². The number of rotatable bonds is 1. The lowest BCUT2D eigenvalue weighted by Crippen LogP contribution is -2.62. The van der Waals surface area contributed by atoms with Gasteiger partial charge in [-0.05, 0) is 37.3 Å². The number of carbonyl (C=O) groups is 1. The van der Waals surface area contributed by atoms with E-state index in [1.54, 1.807) is 0 Å². The van der Waals surface area contributed by atoms with Gasteiger partial charge in [0.05, 0.1) is 19.1 Å². The summed E-state index contributed by atoms with van der Waals surface area (Å²) < 4.78 is 5.18. The van der Waals surface area contributed by atoms with Gasteiger partial charge in [0.2, 0.25) is 0 Å². The molecule has 4 aliphatic rings. The van der Waals surface area contributed by atoms with Crippen LogP contribution in [0.15, 0.2) is 35.9 Å². The van der Waals surface area contributed by atoms with E-state index >= 15 is 0 Å². The average Bonchev–Trinajstić information content (AvgIpc) is 2.99. The van der Waals surface area contributed by atoms with Gasteiger partial charge in [-0.25, -0.2) is 0 Å². The molecule has 2 unspecified atom stereocenters. The molecule has 0 amide bonds. The lowest BCUT2D eigenvalue weighted by molar-refractivity contribution is -0.157. The van der Waals surface area contributed by atoms with Crippen molar-refractivity contribution in [3.05, 3.63) is 47.2 Å². The van der Waals surface area contributed by atoms with Gasteiger partial charge in [-0.1, -0.05) is 29.8 Å². The number of para-hydroxylation sites is 1. The molecule has 0 radical (unpaired) electrons. The standard InChI is InChI=1S/C20H22N2O2/c1-3-11-10-22-16-9-14-12-6-4-5-7-15(12)21-19(14)17(22)8-13(11)18(16)20(23)24-2/h3-7,13,16-18,21H,8-10H2,1-2H3/b11-3-/t13?,16-,17-,18-/m0/s1. The van der Waals surface area contributed by atoms with Crippen LogP contribution in [0.25, 0.3) is 10.9 Å². The van der Waals surface area contributed by atoms with Gasteiger partial charge in [-0.3, -0.25) is 9.69 Å². The Balaban J connectivity index is 1.67. The molecule has 5 heterocycles.